The molecule has 1 amide bonds. The van der Waals surface area contributed by atoms with Gasteiger partial charge in [0.1, 0.15) is 0 Å². The van der Waals surface area contributed by atoms with Crippen LogP contribution in [0.15, 0.2) is 34.5 Å². The highest BCUT2D eigenvalue weighted by atomic mass is 32.2. The lowest BCUT2D eigenvalue weighted by atomic mass is 10.1. The number of anilines is 1. The Morgan fingerprint density at radius 2 is 1.93 bits per heavy atom. The summed E-state index contributed by atoms with van der Waals surface area (Å²) in [7, 11) is -3.67. The molecule has 1 aliphatic heterocycles. The summed E-state index contributed by atoms with van der Waals surface area (Å²) in [4.78, 5) is 23.9. The first kappa shape index (κ1) is 19.5. The highest BCUT2D eigenvalue weighted by Gasteiger charge is 2.28. The first-order valence-corrected chi connectivity index (χ1v) is 10.4. The Bertz CT molecular complexity index is 977. The van der Waals surface area contributed by atoms with Gasteiger partial charge in [0.2, 0.25) is 10.0 Å². The normalized spacial score (nSPS) is 15.4. The number of morpholine rings is 1. The van der Waals surface area contributed by atoms with Crippen LogP contribution in [0.5, 0.6) is 0 Å². The predicted octanol–water partition coefficient (Wildman–Crippen LogP) is 2.03. The molecule has 2 N–H and O–H groups in total. The van der Waals surface area contributed by atoms with Crippen molar-refractivity contribution in [1.82, 2.24) is 4.31 Å². The van der Waals surface area contributed by atoms with Gasteiger partial charge in [-0.05, 0) is 30.7 Å². The van der Waals surface area contributed by atoms with E-state index in [0.29, 0.717) is 24.5 Å². The Kier molecular flexibility index (Phi) is 5.61. The van der Waals surface area contributed by atoms with Gasteiger partial charge in [-0.3, -0.25) is 4.79 Å². The Labute approximate surface area is 160 Å². The molecule has 144 valence electrons. The van der Waals surface area contributed by atoms with E-state index in [1.807, 2.05) is 0 Å². The largest absolute Gasteiger partial charge is 0.478 e. The molecule has 0 saturated carbocycles. The van der Waals surface area contributed by atoms with Crippen LogP contribution in [0.4, 0.5) is 5.69 Å². The molecule has 10 heteroatoms. The zero-order valence-corrected chi connectivity index (χ0v) is 16.1. The van der Waals surface area contributed by atoms with Crippen molar-refractivity contribution in [2.75, 3.05) is 31.6 Å². The van der Waals surface area contributed by atoms with Crippen molar-refractivity contribution in [3.8, 4) is 0 Å². The Morgan fingerprint density at radius 3 is 2.59 bits per heavy atom. The fraction of sp³-hybridized carbons (Fsp3) is 0.294. The number of hydrogen-bond acceptors (Lipinski definition) is 6. The number of aromatic carboxylic acids is 1. The first-order chi connectivity index (χ1) is 12.8. The van der Waals surface area contributed by atoms with Crippen molar-refractivity contribution < 1.29 is 27.9 Å². The monoisotopic (exact) mass is 410 g/mol. The number of benzene rings is 1. The maximum Gasteiger partial charge on any atom is 0.335 e. The zero-order valence-electron chi connectivity index (χ0n) is 14.5. The van der Waals surface area contributed by atoms with E-state index in [1.54, 1.807) is 13.0 Å². The molecule has 1 aromatic carbocycles. The SMILES string of the molecule is Cc1ccc(C(=O)O)cc1NC(=O)c1cc(S(=O)(=O)N2CCOCC2)cs1. The lowest BCUT2D eigenvalue weighted by Crippen LogP contribution is -2.40. The molecule has 2 heterocycles. The van der Waals surface area contributed by atoms with E-state index in [4.69, 9.17) is 9.84 Å². The van der Waals surface area contributed by atoms with Crippen LogP contribution in [0.3, 0.4) is 0 Å². The number of nitrogens with zero attached hydrogens (tertiary/aromatic N) is 1. The number of carbonyl (C=O) groups excluding carboxylic acids is 1. The molecule has 1 aromatic heterocycles. The summed E-state index contributed by atoms with van der Waals surface area (Å²) in [5.74, 6) is -1.59. The second kappa shape index (κ2) is 7.77. The standard InChI is InChI=1S/C17H18N2O6S2/c1-11-2-3-12(17(21)22)8-14(11)18-16(20)15-9-13(10-26-15)27(23,24)19-4-6-25-7-5-19/h2-3,8-10H,4-7H2,1H3,(H,18,20)(H,21,22). The smallest absolute Gasteiger partial charge is 0.335 e. The Hall–Kier alpha value is -2.27. The minimum atomic E-state index is -3.67. The second-order valence-electron chi connectivity index (χ2n) is 5.95. The van der Waals surface area contributed by atoms with Crippen LogP contribution in [0.2, 0.25) is 0 Å². The van der Waals surface area contributed by atoms with E-state index in [2.05, 4.69) is 5.32 Å². The van der Waals surface area contributed by atoms with Gasteiger partial charge in [0.05, 0.1) is 28.5 Å². The van der Waals surface area contributed by atoms with E-state index in [1.165, 1.54) is 27.9 Å². The molecule has 1 fully saturated rings. The van der Waals surface area contributed by atoms with Crippen molar-refractivity contribution in [2.45, 2.75) is 11.8 Å². The highest BCUT2D eigenvalue weighted by molar-refractivity contribution is 7.89. The van der Waals surface area contributed by atoms with Gasteiger partial charge in [-0.15, -0.1) is 11.3 Å². The van der Waals surface area contributed by atoms with E-state index in [-0.39, 0.29) is 28.4 Å². The second-order valence-corrected chi connectivity index (χ2v) is 8.80. The number of aryl methyl sites for hydroxylation is 1. The highest BCUT2D eigenvalue weighted by Crippen LogP contribution is 2.25. The van der Waals surface area contributed by atoms with Gasteiger partial charge in [-0.1, -0.05) is 6.07 Å². The van der Waals surface area contributed by atoms with Gasteiger partial charge < -0.3 is 15.2 Å². The number of amides is 1. The van der Waals surface area contributed by atoms with Gasteiger partial charge in [0.15, 0.2) is 0 Å². The fourth-order valence-corrected chi connectivity index (χ4v) is 5.15. The van der Waals surface area contributed by atoms with Crippen molar-refractivity contribution >= 4 is 38.9 Å². The third-order valence-corrected chi connectivity index (χ3v) is 7.09. The molecule has 0 atom stereocenters. The van der Waals surface area contributed by atoms with Gasteiger partial charge in [0, 0.05) is 24.2 Å². The average Bonchev–Trinajstić information content (AvgIpc) is 3.15. The summed E-state index contributed by atoms with van der Waals surface area (Å²) in [5, 5.41) is 13.2. The van der Waals surface area contributed by atoms with E-state index < -0.39 is 21.9 Å². The lowest BCUT2D eigenvalue weighted by molar-refractivity contribution is 0.0696. The van der Waals surface area contributed by atoms with E-state index in [9.17, 15) is 18.0 Å². The summed E-state index contributed by atoms with van der Waals surface area (Å²) in [6.07, 6.45) is 0. The van der Waals surface area contributed by atoms with Crippen LogP contribution >= 0.6 is 11.3 Å². The Balaban J connectivity index is 1.79. The molecule has 1 aliphatic rings. The van der Waals surface area contributed by atoms with Crippen LogP contribution in [0, 0.1) is 6.92 Å². The summed E-state index contributed by atoms with van der Waals surface area (Å²) >= 11 is 1.02. The summed E-state index contributed by atoms with van der Waals surface area (Å²) in [6.45, 7) is 2.98. The third kappa shape index (κ3) is 4.19. The number of hydrogen-bond donors (Lipinski definition) is 2. The molecule has 2 aromatic rings. The molecule has 0 radical (unpaired) electrons. The number of sulfonamides is 1. The number of carboxylic acid groups (broad SMARTS) is 1. The minimum absolute atomic E-state index is 0.0534. The predicted molar refractivity (Wildman–Crippen MR) is 100.0 cm³/mol. The number of thiophene rings is 1. The third-order valence-electron chi connectivity index (χ3n) is 4.14. The molecule has 3 rings (SSSR count). The van der Waals surface area contributed by atoms with Crippen molar-refractivity contribution in [1.29, 1.82) is 0 Å². The molecule has 27 heavy (non-hydrogen) atoms. The van der Waals surface area contributed by atoms with Crippen LogP contribution in [-0.4, -0.2) is 56.0 Å². The molecule has 8 nitrogen and oxygen atoms in total. The molecule has 0 spiro atoms. The molecule has 0 unspecified atom stereocenters. The number of rotatable bonds is 5. The van der Waals surface area contributed by atoms with Gasteiger partial charge in [-0.25, -0.2) is 13.2 Å². The van der Waals surface area contributed by atoms with Crippen molar-refractivity contribution in [2.24, 2.45) is 0 Å². The number of nitrogens with one attached hydrogen (secondary N) is 1. The molecular formula is C17H18N2O6S2. The topological polar surface area (TPSA) is 113 Å². The average molecular weight is 410 g/mol. The van der Waals surface area contributed by atoms with Gasteiger partial charge in [0.25, 0.3) is 5.91 Å². The van der Waals surface area contributed by atoms with E-state index >= 15 is 0 Å². The van der Waals surface area contributed by atoms with Crippen LogP contribution in [0.1, 0.15) is 25.6 Å². The first-order valence-electron chi connectivity index (χ1n) is 8.11. The molecule has 0 aliphatic carbocycles. The van der Waals surface area contributed by atoms with Crippen LogP contribution in [0.25, 0.3) is 0 Å². The zero-order chi connectivity index (χ0) is 19.6. The lowest BCUT2D eigenvalue weighted by Gasteiger charge is -2.25. The van der Waals surface area contributed by atoms with Crippen molar-refractivity contribution in [3.63, 3.8) is 0 Å². The van der Waals surface area contributed by atoms with Crippen LogP contribution in [-0.2, 0) is 14.8 Å². The van der Waals surface area contributed by atoms with Gasteiger partial charge in [-0.2, -0.15) is 4.31 Å². The molecule has 1 saturated heterocycles. The fourth-order valence-electron chi connectivity index (χ4n) is 2.58. The van der Waals surface area contributed by atoms with Crippen molar-refractivity contribution in [3.05, 3.63) is 45.6 Å². The Morgan fingerprint density at radius 1 is 1.22 bits per heavy atom. The van der Waals surface area contributed by atoms with E-state index in [0.717, 1.165) is 11.3 Å². The minimum Gasteiger partial charge on any atom is -0.478 e. The summed E-state index contributed by atoms with van der Waals surface area (Å²) in [5.41, 5.74) is 1.12. The summed E-state index contributed by atoms with van der Waals surface area (Å²) in [6, 6.07) is 5.75. The maximum absolute atomic E-state index is 12.6. The summed E-state index contributed by atoms with van der Waals surface area (Å²) < 4.78 is 31.8. The quantitative estimate of drug-likeness (QED) is 0.780. The molecular weight excluding hydrogens is 392 g/mol. The molecule has 0 bridgehead atoms. The van der Waals surface area contributed by atoms with Crippen LogP contribution < -0.4 is 5.32 Å². The number of carbonyl (C=O) groups is 2. The number of carboxylic acids is 1. The van der Waals surface area contributed by atoms with Gasteiger partial charge >= 0.3 is 5.97 Å². The maximum atomic E-state index is 12.6. The number of ether oxygens (including phenoxy) is 1.